The zero-order valence-corrected chi connectivity index (χ0v) is 17.8. The SMILES string of the molecule is CCCCCCCCCCCCCCCC#CC#CCCCCCC(=O)O. The molecule has 0 aromatic carbocycles. The molecule has 0 aliphatic carbocycles. The fraction of sp³-hybridized carbons (Fsp3) is 0.800. The van der Waals surface area contributed by atoms with Gasteiger partial charge in [0.15, 0.2) is 0 Å². The zero-order valence-electron chi connectivity index (χ0n) is 17.8. The second kappa shape index (κ2) is 22.6. The van der Waals surface area contributed by atoms with Crippen LogP contribution < -0.4 is 0 Å². The van der Waals surface area contributed by atoms with Crippen molar-refractivity contribution in [3.63, 3.8) is 0 Å². The van der Waals surface area contributed by atoms with Gasteiger partial charge in [0.05, 0.1) is 0 Å². The number of carboxylic acid groups (broad SMARTS) is 1. The maximum absolute atomic E-state index is 10.4. The summed E-state index contributed by atoms with van der Waals surface area (Å²) in [4.78, 5) is 10.4. The Kier molecular flexibility index (Phi) is 21.4. The first kappa shape index (κ1) is 25.6. The maximum Gasteiger partial charge on any atom is 0.303 e. The van der Waals surface area contributed by atoms with Gasteiger partial charge in [-0.1, -0.05) is 102 Å². The molecule has 0 unspecified atom stereocenters. The summed E-state index contributed by atoms with van der Waals surface area (Å²) in [5.74, 6) is 11.3. The molecular formula is C25H42O2. The van der Waals surface area contributed by atoms with Crippen LogP contribution in [-0.2, 0) is 4.79 Å². The van der Waals surface area contributed by atoms with E-state index in [9.17, 15) is 4.79 Å². The minimum Gasteiger partial charge on any atom is -0.481 e. The van der Waals surface area contributed by atoms with E-state index in [1.54, 1.807) is 0 Å². The summed E-state index contributed by atoms with van der Waals surface area (Å²) in [6.45, 7) is 2.28. The van der Waals surface area contributed by atoms with Crippen LogP contribution in [0.3, 0.4) is 0 Å². The molecule has 0 saturated heterocycles. The summed E-state index contributed by atoms with van der Waals surface area (Å²) in [5.41, 5.74) is 0. The third-order valence-corrected chi connectivity index (χ3v) is 4.84. The van der Waals surface area contributed by atoms with Crippen LogP contribution in [0.1, 0.15) is 129 Å². The average Bonchev–Trinajstić information content (AvgIpc) is 2.65. The lowest BCUT2D eigenvalue weighted by Crippen LogP contribution is -1.93. The van der Waals surface area contributed by atoms with Crippen molar-refractivity contribution in [1.82, 2.24) is 0 Å². The van der Waals surface area contributed by atoms with Gasteiger partial charge in [-0.3, -0.25) is 4.79 Å². The molecule has 0 fully saturated rings. The van der Waals surface area contributed by atoms with Gasteiger partial charge in [-0.05, 0) is 31.1 Å². The van der Waals surface area contributed by atoms with E-state index >= 15 is 0 Å². The van der Waals surface area contributed by atoms with E-state index in [2.05, 4.69) is 30.6 Å². The van der Waals surface area contributed by atoms with Gasteiger partial charge in [0, 0.05) is 19.3 Å². The average molecular weight is 375 g/mol. The van der Waals surface area contributed by atoms with Gasteiger partial charge in [0.2, 0.25) is 0 Å². The van der Waals surface area contributed by atoms with Gasteiger partial charge < -0.3 is 5.11 Å². The van der Waals surface area contributed by atoms with Gasteiger partial charge in [-0.25, -0.2) is 0 Å². The van der Waals surface area contributed by atoms with Crippen LogP contribution in [0.25, 0.3) is 0 Å². The molecule has 0 saturated carbocycles. The number of unbranched alkanes of at least 4 members (excludes halogenated alkanes) is 16. The molecule has 0 amide bonds. The maximum atomic E-state index is 10.4. The van der Waals surface area contributed by atoms with Crippen molar-refractivity contribution in [2.24, 2.45) is 0 Å². The van der Waals surface area contributed by atoms with Crippen molar-refractivity contribution in [1.29, 1.82) is 0 Å². The van der Waals surface area contributed by atoms with Crippen LogP contribution in [0.15, 0.2) is 0 Å². The second-order valence-electron chi connectivity index (χ2n) is 7.55. The molecule has 2 nitrogen and oxygen atoms in total. The van der Waals surface area contributed by atoms with Gasteiger partial charge >= 0.3 is 5.97 Å². The first-order valence-electron chi connectivity index (χ1n) is 11.4. The molecular weight excluding hydrogens is 332 g/mol. The number of carboxylic acids is 1. The normalized spacial score (nSPS) is 9.96. The van der Waals surface area contributed by atoms with Crippen LogP contribution in [0.2, 0.25) is 0 Å². The van der Waals surface area contributed by atoms with Crippen molar-refractivity contribution in [2.45, 2.75) is 129 Å². The number of hydrogen-bond acceptors (Lipinski definition) is 1. The molecule has 0 spiro atoms. The standard InChI is InChI=1S/C25H42O2/c1-2-3-4-5-6-7-8-9-10-11-12-13-14-15-16-17-18-19-20-21-22-23-24-25(26)27/h2-15,20-24H2,1H3,(H,26,27). The summed E-state index contributed by atoms with van der Waals surface area (Å²) in [5, 5.41) is 8.53. The van der Waals surface area contributed by atoms with Crippen molar-refractivity contribution < 1.29 is 9.90 Å². The highest BCUT2D eigenvalue weighted by atomic mass is 16.4. The minimum absolute atomic E-state index is 0.270. The monoisotopic (exact) mass is 374 g/mol. The first-order chi connectivity index (χ1) is 13.3. The lowest BCUT2D eigenvalue weighted by Gasteiger charge is -2.02. The van der Waals surface area contributed by atoms with Crippen molar-refractivity contribution >= 4 is 5.97 Å². The molecule has 0 rings (SSSR count). The Morgan fingerprint density at radius 2 is 0.963 bits per heavy atom. The third-order valence-electron chi connectivity index (χ3n) is 4.84. The fourth-order valence-corrected chi connectivity index (χ4v) is 3.11. The Balaban J connectivity index is 3.22. The Hall–Kier alpha value is -1.41. The van der Waals surface area contributed by atoms with Crippen LogP contribution in [0.4, 0.5) is 0 Å². The van der Waals surface area contributed by atoms with Gasteiger partial charge in [0.25, 0.3) is 0 Å². The first-order valence-corrected chi connectivity index (χ1v) is 11.4. The molecule has 154 valence electrons. The van der Waals surface area contributed by atoms with Crippen LogP contribution in [-0.4, -0.2) is 11.1 Å². The predicted octanol–water partition coefficient (Wildman–Crippen LogP) is 7.51. The van der Waals surface area contributed by atoms with Gasteiger partial charge in [-0.2, -0.15) is 0 Å². The molecule has 0 bridgehead atoms. The molecule has 0 atom stereocenters. The number of rotatable bonds is 18. The quantitative estimate of drug-likeness (QED) is 0.199. The van der Waals surface area contributed by atoms with E-state index in [1.807, 2.05) is 0 Å². The molecule has 0 aromatic heterocycles. The van der Waals surface area contributed by atoms with Crippen molar-refractivity contribution in [2.75, 3.05) is 0 Å². The summed E-state index contributed by atoms with van der Waals surface area (Å²) >= 11 is 0. The highest BCUT2D eigenvalue weighted by molar-refractivity contribution is 5.66. The van der Waals surface area contributed by atoms with E-state index in [0.717, 1.165) is 32.1 Å². The lowest BCUT2D eigenvalue weighted by molar-refractivity contribution is -0.137. The van der Waals surface area contributed by atoms with E-state index in [0.29, 0.717) is 0 Å². The van der Waals surface area contributed by atoms with Gasteiger partial charge in [-0.15, -0.1) is 0 Å². The highest BCUT2D eigenvalue weighted by Gasteiger charge is 1.95. The van der Waals surface area contributed by atoms with E-state index in [4.69, 9.17) is 5.11 Å². The Morgan fingerprint density at radius 1 is 0.593 bits per heavy atom. The van der Waals surface area contributed by atoms with Gasteiger partial charge in [0.1, 0.15) is 0 Å². The number of aliphatic carboxylic acids is 1. The summed E-state index contributed by atoms with van der Waals surface area (Å²) in [7, 11) is 0. The smallest absolute Gasteiger partial charge is 0.303 e. The summed E-state index contributed by atoms with van der Waals surface area (Å²) in [6, 6.07) is 0. The predicted molar refractivity (Wildman–Crippen MR) is 117 cm³/mol. The summed E-state index contributed by atoms with van der Waals surface area (Å²) in [6.07, 6.45) is 22.7. The van der Waals surface area contributed by atoms with E-state index < -0.39 is 5.97 Å². The number of carbonyl (C=O) groups is 1. The Labute approximate surface area is 168 Å². The van der Waals surface area contributed by atoms with E-state index in [-0.39, 0.29) is 6.42 Å². The lowest BCUT2D eigenvalue weighted by atomic mass is 10.0. The van der Waals surface area contributed by atoms with Crippen LogP contribution in [0, 0.1) is 23.7 Å². The zero-order chi connectivity index (χ0) is 19.8. The topological polar surface area (TPSA) is 37.3 Å². The van der Waals surface area contributed by atoms with Crippen molar-refractivity contribution in [3.8, 4) is 23.7 Å². The van der Waals surface area contributed by atoms with Crippen LogP contribution >= 0.6 is 0 Å². The molecule has 0 aromatic rings. The minimum atomic E-state index is -0.708. The Bertz CT molecular complexity index is 444. The molecule has 1 N–H and O–H groups in total. The Morgan fingerprint density at radius 3 is 1.37 bits per heavy atom. The molecule has 0 radical (unpaired) electrons. The van der Waals surface area contributed by atoms with Crippen molar-refractivity contribution in [3.05, 3.63) is 0 Å². The largest absolute Gasteiger partial charge is 0.481 e. The van der Waals surface area contributed by atoms with Crippen LogP contribution in [0.5, 0.6) is 0 Å². The van der Waals surface area contributed by atoms with E-state index in [1.165, 1.54) is 83.5 Å². The molecule has 0 heterocycles. The summed E-state index contributed by atoms with van der Waals surface area (Å²) < 4.78 is 0. The molecule has 0 aliphatic rings. The molecule has 27 heavy (non-hydrogen) atoms. The molecule has 0 aliphatic heterocycles. The highest BCUT2D eigenvalue weighted by Crippen LogP contribution is 2.12. The fourth-order valence-electron chi connectivity index (χ4n) is 3.11. The number of hydrogen-bond donors (Lipinski definition) is 1. The molecule has 2 heteroatoms. The third kappa shape index (κ3) is 24.6. The second-order valence-corrected chi connectivity index (χ2v) is 7.55.